The second-order valence-corrected chi connectivity index (χ2v) is 6.40. The summed E-state index contributed by atoms with van der Waals surface area (Å²) in [5, 5.41) is 10.7. The predicted molar refractivity (Wildman–Crippen MR) is 99.5 cm³/mol. The molecule has 26 heavy (non-hydrogen) atoms. The molecular weight excluding hydrogens is 328 g/mol. The zero-order chi connectivity index (χ0) is 18.1. The number of hydrogen-bond donors (Lipinski definition) is 2. The smallest absolute Gasteiger partial charge is 0.326 e. The van der Waals surface area contributed by atoms with Gasteiger partial charge < -0.3 is 15.0 Å². The molecule has 1 aliphatic heterocycles. The maximum atomic E-state index is 12.7. The Morgan fingerprint density at radius 1 is 1.08 bits per heavy atom. The van der Waals surface area contributed by atoms with E-state index in [1.165, 1.54) is 11.0 Å². The number of nitrogens with zero attached hydrogens (tertiary/aromatic N) is 1. The molecule has 0 saturated carbocycles. The summed E-state index contributed by atoms with van der Waals surface area (Å²) in [6, 6.07) is 16.4. The minimum absolute atomic E-state index is 0.263. The third-order valence-electron chi connectivity index (χ3n) is 4.79. The third-order valence-corrected chi connectivity index (χ3v) is 4.79. The average molecular weight is 346 g/mol. The molecular formula is C21H18N2O3. The molecule has 0 aliphatic carbocycles. The maximum absolute atomic E-state index is 12.7. The van der Waals surface area contributed by atoms with Gasteiger partial charge in [-0.3, -0.25) is 4.79 Å². The summed E-state index contributed by atoms with van der Waals surface area (Å²) in [6.07, 6.45) is 3.46. The minimum atomic E-state index is -0.984. The summed E-state index contributed by atoms with van der Waals surface area (Å²) in [5.41, 5.74) is 3.76. The number of rotatable bonds is 3. The number of carbonyl (C=O) groups is 2. The largest absolute Gasteiger partial charge is 0.480 e. The van der Waals surface area contributed by atoms with E-state index in [0.29, 0.717) is 6.42 Å². The van der Waals surface area contributed by atoms with Crippen molar-refractivity contribution in [3.8, 4) is 0 Å². The molecule has 3 aromatic rings. The van der Waals surface area contributed by atoms with Crippen molar-refractivity contribution in [3.05, 3.63) is 77.5 Å². The standard InChI is InChI=1S/C21H18N2O3/c24-20(11-10-14-6-2-1-3-7-14)23-13-18-16(12-19(23)21(25)26)15-8-4-5-9-17(15)22-18/h1-11,19,22H,12-13H2,(H,25,26)/b11-10+. The van der Waals surface area contributed by atoms with Crippen LogP contribution in [0.5, 0.6) is 0 Å². The van der Waals surface area contributed by atoms with Crippen LogP contribution in [0.1, 0.15) is 16.8 Å². The SMILES string of the molecule is O=C(O)C1Cc2c([nH]c3ccccc23)CN1C(=O)/C=C/c1ccccc1. The number of benzene rings is 2. The van der Waals surface area contributed by atoms with Gasteiger partial charge in [-0.15, -0.1) is 0 Å². The fourth-order valence-corrected chi connectivity index (χ4v) is 3.49. The van der Waals surface area contributed by atoms with Crippen LogP contribution in [0.2, 0.25) is 0 Å². The number of hydrogen-bond acceptors (Lipinski definition) is 2. The lowest BCUT2D eigenvalue weighted by Gasteiger charge is -2.32. The Balaban J connectivity index is 1.65. The molecule has 5 nitrogen and oxygen atoms in total. The molecule has 0 saturated heterocycles. The number of para-hydroxylation sites is 1. The van der Waals surface area contributed by atoms with Gasteiger partial charge in [0.15, 0.2) is 0 Å². The van der Waals surface area contributed by atoms with Gasteiger partial charge in [-0.1, -0.05) is 48.5 Å². The number of carbonyl (C=O) groups excluding carboxylic acids is 1. The van der Waals surface area contributed by atoms with E-state index in [4.69, 9.17) is 0 Å². The molecule has 5 heteroatoms. The summed E-state index contributed by atoms with van der Waals surface area (Å²) < 4.78 is 0. The van der Waals surface area contributed by atoms with Crippen molar-refractivity contribution in [2.45, 2.75) is 19.0 Å². The zero-order valence-corrected chi connectivity index (χ0v) is 14.1. The van der Waals surface area contributed by atoms with Gasteiger partial charge in [0.1, 0.15) is 6.04 Å². The van der Waals surface area contributed by atoms with Crippen LogP contribution in [0.25, 0.3) is 17.0 Å². The molecule has 0 radical (unpaired) electrons. The third kappa shape index (κ3) is 2.88. The number of amides is 1. The van der Waals surface area contributed by atoms with Gasteiger partial charge in [-0.05, 0) is 23.3 Å². The molecule has 0 spiro atoms. The molecule has 2 aromatic carbocycles. The molecule has 1 unspecified atom stereocenters. The summed E-state index contributed by atoms with van der Waals surface area (Å²) in [7, 11) is 0. The Morgan fingerprint density at radius 3 is 2.58 bits per heavy atom. The first-order valence-electron chi connectivity index (χ1n) is 8.48. The van der Waals surface area contributed by atoms with Crippen LogP contribution in [0.15, 0.2) is 60.7 Å². The first-order valence-corrected chi connectivity index (χ1v) is 8.48. The van der Waals surface area contributed by atoms with Crippen molar-refractivity contribution in [3.63, 3.8) is 0 Å². The molecule has 1 amide bonds. The topological polar surface area (TPSA) is 73.4 Å². The van der Waals surface area contributed by atoms with E-state index in [1.54, 1.807) is 6.08 Å². The number of nitrogens with one attached hydrogen (secondary N) is 1. The Morgan fingerprint density at radius 2 is 1.81 bits per heavy atom. The van der Waals surface area contributed by atoms with E-state index in [1.807, 2.05) is 54.6 Å². The lowest BCUT2D eigenvalue weighted by atomic mass is 9.96. The minimum Gasteiger partial charge on any atom is -0.480 e. The van der Waals surface area contributed by atoms with E-state index in [9.17, 15) is 14.7 Å². The van der Waals surface area contributed by atoms with Crippen molar-refractivity contribution in [1.82, 2.24) is 9.88 Å². The van der Waals surface area contributed by atoms with Crippen LogP contribution in [-0.2, 0) is 22.6 Å². The van der Waals surface area contributed by atoms with Crippen molar-refractivity contribution in [2.24, 2.45) is 0 Å². The van der Waals surface area contributed by atoms with Crippen molar-refractivity contribution >= 4 is 28.9 Å². The molecule has 2 N–H and O–H groups in total. The van der Waals surface area contributed by atoms with E-state index in [-0.39, 0.29) is 12.5 Å². The second-order valence-electron chi connectivity index (χ2n) is 6.40. The van der Waals surface area contributed by atoms with Crippen LogP contribution in [0.3, 0.4) is 0 Å². The summed E-state index contributed by atoms with van der Waals surface area (Å²) in [6.45, 7) is 0.263. The van der Waals surface area contributed by atoms with Crippen molar-refractivity contribution in [2.75, 3.05) is 0 Å². The first-order chi connectivity index (χ1) is 12.6. The van der Waals surface area contributed by atoms with Gasteiger partial charge in [-0.25, -0.2) is 4.79 Å². The number of carboxylic acid groups (broad SMARTS) is 1. The highest BCUT2D eigenvalue weighted by Gasteiger charge is 2.35. The number of aromatic amines is 1. The normalized spacial score (nSPS) is 16.8. The maximum Gasteiger partial charge on any atom is 0.326 e. The molecule has 0 bridgehead atoms. The van der Waals surface area contributed by atoms with Crippen LogP contribution in [-0.4, -0.2) is 32.9 Å². The molecule has 1 aromatic heterocycles. The monoisotopic (exact) mass is 346 g/mol. The number of carboxylic acids is 1. The Labute approximate surface area is 150 Å². The van der Waals surface area contributed by atoms with Crippen molar-refractivity contribution in [1.29, 1.82) is 0 Å². The van der Waals surface area contributed by atoms with Crippen LogP contribution >= 0.6 is 0 Å². The highest BCUT2D eigenvalue weighted by atomic mass is 16.4. The van der Waals surface area contributed by atoms with E-state index >= 15 is 0 Å². The van der Waals surface area contributed by atoms with Gasteiger partial charge in [0, 0.05) is 29.1 Å². The Hall–Kier alpha value is -3.34. The van der Waals surface area contributed by atoms with Crippen LogP contribution in [0.4, 0.5) is 0 Å². The number of H-pyrrole nitrogens is 1. The predicted octanol–water partition coefficient (Wildman–Crippen LogP) is 3.22. The molecule has 130 valence electrons. The fraction of sp³-hybridized carbons (Fsp3) is 0.143. The first kappa shape index (κ1) is 16.1. The second kappa shape index (κ2) is 6.52. The quantitative estimate of drug-likeness (QED) is 0.715. The van der Waals surface area contributed by atoms with Gasteiger partial charge in [-0.2, -0.15) is 0 Å². The van der Waals surface area contributed by atoms with Crippen LogP contribution in [0, 0.1) is 0 Å². The Bertz CT molecular complexity index is 1000. The van der Waals surface area contributed by atoms with Gasteiger partial charge in [0.25, 0.3) is 0 Å². The summed E-state index contributed by atoms with van der Waals surface area (Å²) in [5.74, 6) is -1.28. The molecule has 1 aliphatic rings. The molecule has 4 rings (SSSR count). The number of aromatic nitrogens is 1. The van der Waals surface area contributed by atoms with Gasteiger partial charge in [0.05, 0.1) is 6.54 Å². The summed E-state index contributed by atoms with van der Waals surface area (Å²) in [4.78, 5) is 29.2. The van der Waals surface area contributed by atoms with E-state index in [2.05, 4.69) is 4.98 Å². The lowest BCUT2D eigenvalue weighted by molar-refractivity contribution is -0.149. The molecule has 2 heterocycles. The highest BCUT2D eigenvalue weighted by Crippen LogP contribution is 2.30. The molecule has 1 atom stereocenters. The number of fused-ring (bicyclic) bond motifs is 3. The number of aliphatic carboxylic acids is 1. The lowest BCUT2D eigenvalue weighted by Crippen LogP contribution is -2.48. The Kier molecular flexibility index (Phi) is 4.05. The van der Waals surface area contributed by atoms with E-state index < -0.39 is 12.0 Å². The highest BCUT2D eigenvalue weighted by molar-refractivity contribution is 5.95. The zero-order valence-electron chi connectivity index (χ0n) is 14.1. The fourth-order valence-electron chi connectivity index (χ4n) is 3.49. The average Bonchev–Trinajstić information content (AvgIpc) is 3.03. The summed E-state index contributed by atoms with van der Waals surface area (Å²) >= 11 is 0. The van der Waals surface area contributed by atoms with Crippen LogP contribution < -0.4 is 0 Å². The van der Waals surface area contributed by atoms with E-state index in [0.717, 1.165) is 27.7 Å². The van der Waals surface area contributed by atoms with Gasteiger partial charge >= 0.3 is 5.97 Å². The van der Waals surface area contributed by atoms with Crippen molar-refractivity contribution < 1.29 is 14.7 Å². The van der Waals surface area contributed by atoms with Gasteiger partial charge in [0.2, 0.25) is 5.91 Å². The molecule has 0 fully saturated rings.